The van der Waals surface area contributed by atoms with E-state index in [4.69, 9.17) is 0 Å². The standard InChI is InChI=1S/C8H7BrN4O4/c1-5(9)10-11-7-3-2-6(12(14)15)4-8(7)13(16)17/h2-4,11H,1H3/b10-5-. The van der Waals surface area contributed by atoms with E-state index in [1.807, 2.05) is 0 Å². The molecular formula is C8H7BrN4O4. The number of nitro benzene ring substituents is 2. The van der Waals surface area contributed by atoms with E-state index in [1.54, 1.807) is 6.92 Å². The number of hydrogen-bond acceptors (Lipinski definition) is 6. The van der Waals surface area contributed by atoms with Gasteiger partial charge in [-0.2, -0.15) is 5.10 Å². The Hall–Kier alpha value is -2.03. The van der Waals surface area contributed by atoms with Gasteiger partial charge in [-0.05, 0) is 28.9 Å². The Kier molecular flexibility index (Phi) is 4.10. The molecule has 17 heavy (non-hydrogen) atoms. The van der Waals surface area contributed by atoms with Crippen LogP contribution in [0.3, 0.4) is 0 Å². The molecule has 0 saturated heterocycles. The summed E-state index contributed by atoms with van der Waals surface area (Å²) in [6.45, 7) is 1.63. The third-order valence-electron chi connectivity index (χ3n) is 1.72. The zero-order valence-electron chi connectivity index (χ0n) is 8.58. The van der Waals surface area contributed by atoms with Gasteiger partial charge in [0.1, 0.15) is 10.3 Å². The lowest BCUT2D eigenvalue weighted by Crippen LogP contribution is -1.99. The minimum absolute atomic E-state index is 0.0828. The summed E-state index contributed by atoms with van der Waals surface area (Å²) in [5, 5.41) is 24.9. The van der Waals surface area contributed by atoms with Crippen LogP contribution in [0.1, 0.15) is 6.92 Å². The van der Waals surface area contributed by atoms with Gasteiger partial charge in [-0.1, -0.05) is 0 Å². The molecule has 1 N–H and O–H groups in total. The van der Waals surface area contributed by atoms with Crippen LogP contribution in [0, 0.1) is 20.2 Å². The average molecular weight is 303 g/mol. The van der Waals surface area contributed by atoms with Gasteiger partial charge in [0.05, 0.1) is 15.9 Å². The van der Waals surface area contributed by atoms with E-state index in [0.717, 1.165) is 12.1 Å². The maximum atomic E-state index is 10.7. The Labute approximate surface area is 104 Å². The van der Waals surface area contributed by atoms with Crippen molar-refractivity contribution in [3.63, 3.8) is 0 Å². The number of benzene rings is 1. The zero-order valence-corrected chi connectivity index (χ0v) is 10.2. The maximum Gasteiger partial charge on any atom is 0.301 e. The highest BCUT2D eigenvalue weighted by Gasteiger charge is 2.19. The van der Waals surface area contributed by atoms with E-state index in [9.17, 15) is 20.2 Å². The van der Waals surface area contributed by atoms with Crippen molar-refractivity contribution in [3.05, 3.63) is 38.4 Å². The fourth-order valence-electron chi connectivity index (χ4n) is 1.02. The largest absolute Gasteiger partial charge is 0.301 e. The van der Waals surface area contributed by atoms with Gasteiger partial charge in [-0.15, -0.1) is 0 Å². The molecular weight excluding hydrogens is 296 g/mol. The Balaban J connectivity index is 3.18. The number of hydrazone groups is 1. The lowest BCUT2D eigenvalue weighted by molar-refractivity contribution is -0.393. The number of nitrogens with zero attached hydrogens (tertiary/aromatic N) is 3. The van der Waals surface area contributed by atoms with Crippen LogP contribution >= 0.6 is 15.9 Å². The van der Waals surface area contributed by atoms with Gasteiger partial charge in [0.2, 0.25) is 0 Å². The van der Waals surface area contributed by atoms with Crippen molar-refractivity contribution in [2.45, 2.75) is 6.92 Å². The molecule has 0 atom stereocenters. The summed E-state index contributed by atoms with van der Waals surface area (Å²) >= 11 is 3.04. The summed E-state index contributed by atoms with van der Waals surface area (Å²) in [6.07, 6.45) is 0. The second-order valence-corrected chi connectivity index (χ2v) is 4.08. The molecule has 0 amide bonds. The Bertz CT molecular complexity index is 498. The molecule has 0 radical (unpaired) electrons. The second kappa shape index (κ2) is 5.34. The van der Waals surface area contributed by atoms with E-state index < -0.39 is 15.5 Å². The third-order valence-corrected chi connectivity index (χ3v) is 1.90. The van der Waals surface area contributed by atoms with Gasteiger partial charge in [-0.3, -0.25) is 25.7 Å². The van der Waals surface area contributed by atoms with Crippen LogP contribution in [-0.4, -0.2) is 14.5 Å². The van der Waals surface area contributed by atoms with E-state index in [1.165, 1.54) is 6.07 Å². The van der Waals surface area contributed by atoms with Crippen LogP contribution in [0.4, 0.5) is 17.1 Å². The quantitative estimate of drug-likeness (QED) is 0.522. The van der Waals surface area contributed by atoms with Crippen LogP contribution in [0.25, 0.3) is 0 Å². The Morgan fingerprint density at radius 3 is 2.47 bits per heavy atom. The predicted molar refractivity (Wildman–Crippen MR) is 65.4 cm³/mol. The number of anilines is 1. The first-order valence-corrected chi connectivity index (χ1v) is 5.09. The highest BCUT2D eigenvalue weighted by Crippen LogP contribution is 2.28. The smallest absolute Gasteiger partial charge is 0.271 e. The highest BCUT2D eigenvalue weighted by molar-refractivity contribution is 9.18. The monoisotopic (exact) mass is 302 g/mol. The number of hydrogen-bond donors (Lipinski definition) is 1. The summed E-state index contributed by atoms with van der Waals surface area (Å²) in [5.74, 6) is 0. The summed E-state index contributed by atoms with van der Waals surface area (Å²) in [4.78, 5) is 19.8. The van der Waals surface area contributed by atoms with E-state index in [2.05, 4.69) is 26.5 Å². The number of rotatable bonds is 4. The van der Waals surface area contributed by atoms with Gasteiger partial charge in [0, 0.05) is 6.07 Å². The topological polar surface area (TPSA) is 111 Å². The first-order valence-electron chi connectivity index (χ1n) is 4.30. The molecule has 0 aromatic heterocycles. The molecule has 0 fully saturated rings. The Morgan fingerprint density at radius 1 is 1.35 bits per heavy atom. The van der Waals surface area contributed by atoms with Crippen molar-refractivity contribution in [2.24, 2.45) is 5.10 Å². The fraction of sp³-hybridized carbons (Fsp3) is 0.125. The highest BCUT2D eigenvalue weighted by atomic mass is 79.9. The van der Waals surface area contributed by atoms with Crippen molar-refractivity contribution < 1.29 is 9.85 Å². The molecule has 1 aromatic rings. The maximum absolute atomic E-state index is 10.7. The summed E-state index contributed by atoms with van der Waals surface area (Å²) in [7, 11) is 0. The van der Waals surface area contributed by atoms with Crippen LogP contribution in [-0.2, 0) is 0 Å². The van der Waals surface area contributed by atoms with Gasteiger partial charge in [0.25, 0.3) is 5.69 Å². The third kappa shape index (κ3) is 3.48. The Morgan fingerprint density at radius 2 is 2.00 bits per heavy atom. The van der Waals surface area contributed by atoms with Gasteiger partial charge < -0.3 is 0 Å². The van der Waals surface area contributed by atoms with Crippen LogP contribution < -0.4 is 5.43 Å². The molecule has 8 nitrogen and oxygen atoms in total. The van der Waals surface area contributed by atoms with Gasteiger partial charge in [0.15, 0.2) is 0 Å². The number of non-ortho nitro benzene ring substituents is 1. The molecule has 90 valence electrons. The van der Waals surface area contributed by atoms with E-state index in [-0.39, 0.29) is 11.4 Å². The average Bonchev–Trinajstić information content (AvgIpc) is 2.25. The summed E-state index contributed by atoms with van der Waals surface area (Å²) in [6, 6.07) is 3.27. The van der Waals surface area contributed by atoms with Crippen molar-refractivity contribution in [1.82, 2.24) is 0 Å². The van der Waals surface area contributed by atoms with Crippen LogP contribution in [0.5, 0.6) is 0 Å². The van der Waals surface area contributed by atoms with Crippen LogP contribution in [0.15, 0.2) is 23.3 Å². The minimum atomic E-state index is -0.714. The molecule has 0 aliphatic heterocycles. The van der Waals surface area contributed by atoms with E-state index >= 15 is 0 Å². The summed E-state index contributed by atoms with van der Waals surface area (Å²) < 4.78 is 0.491. The lowest BCUT2D eigenvalue weighted by atomic mass is 10.2. The number of nitro groups is 2. The molecule has 9 heteroatoms. The normalized spacial score (nSPS) is 11.1. The predicted octanol–water partition coefficient (Wildman–Crippen LogP) is 2.64. The van der Waals surface area contributed by atoms with Gasteiger partial charge in [-0.25, -0.2) is 0 Å². The molecule has 0 unspecified atom stereocenters. The molecule has 0 saturated carbocycles. The summed E-state index contributed by atoms with van der Waals surface area (Å²) in [5.41, 5.74) is 1.77. The number of nitrogens with one attached hydrogen (secondary N) is 1. The second-order valence-electron chi connectivity index (χ2n) is 2.94. The van der Waals surface area contributed by atoms with Crippen molar-refractivity contribution >= 4 is 37.6 Å². The van der Waals surface area contributed by atoms with E-state index in [0.29, 0.717) is 4.62 Å². The van der Waals surface area contributed by atoms with Gasteiger partial charge >= 0.3 is 5.69 Å². The number of halogens is 1. The first-order chi connectivity index (χ1) is 7.91. The molecule has 0 bridgehead atoms. The molecule has 0 aliphatic rings. The molecule has 0 spiro atoms. The molecule has 0 heterocycles. The van der Waals surface area contributed by atoms with Crippen molar-refractivity contribution in [1.29, 1.82) is 0 Å². The van der Waals surface area contributed by atoms with Crippen molar-refractivity contribution in [3.8, 4) is 0 Å². The lowest BCUT2D eigenvalue weighted by Gasteiger charge is -2.01. The molecule has 1 aromatic carbocycles. The first kappa shape index (κ1) is 13.0. The molecule has 0 aliphatic carbocycles. The molecule has 1 rings (SSSR count). The minimum Gasteiger partial charge on any atom is -0.271 e. The van der Waals surface area contributed by atoms with Crippen molar-refractivity contribution in [2.75, 3.05) is 5.43 Å². The van der Waals surface area contributed by atoms with Crippen LogP contribution in [0.2, 0.25) is 0 Å². The zero-order chi connectivity index (χ0) is 13.0. The SMILES string of the molecule is C/C(Br)=N/Nc1ccc([N+](=O)[O-])cc1[N+](=O)[O-]. The fourth-order valence-corrected chi connectivity index (χ4v) is 1.11.